The van der Waals surface area contributed by atoms with Gasteiger partial charge in [0.25, 0.3) is 0 Å². The van der Waals surface area contributed by atoms with Gasteiger partial charge in [-0.3, -0.25) is 0 Å². The van der Waals surface area contributed by atoms with Gasteiger partial charge in [0.1, 0.15) is 0 Å². The zero-order chi connectivity index (χ0) is 11.9. The fourth-order valence-electron chi connectivity index (χ4n) is 1.81. The van der Waals surface area contributed by atoms with E-state index in [1.165, 1.54) is 0 Å². The molecule has 1 saturated carbocycles. The molecule has 0 amide bonds. The molecule has 0 bridgehead atoms. The average Bonchev–Trinajstić information content (AvgIpc) is 2.85. The predicted molar refractivity (Wildman–Crippen MR) is 75.1 cm³/mol. The fraction of sp³-hybridized carbons (Fsp3) is 0.308. The third-order valence-corrected chi connectivity index (χ3v) is 4.41. The highest BCUT2D eigenvalue weighted by Crippen LogP contribution is 2.37. The monoisotopic (exact) mass is 308 g/mol. The molecular weight excluding hydrogens is 296 g/mol. The van der Waals surface area contributed by atoms with E-state index in [2.05, 4.69) is 38.4 Å². The van der Waals surface area contributed by atoms with Crippen molar-refractivity contribution >= 4 is 27.3 Å². The number of aromatic nitrogens is 1. The van der Waals surface area contributed by atoms with Gasteiger partial charge in [-0.2, -0.15) is 0 Å². The van der Waals surface area contributed by atoms with Crippen LogP contribution in [0.15, 0.2) is 34.1 Å². The SMILES string of the molecule is NC1(Cc2nc(-c3cccc(Br)c3)cs2)CC1. The number of thiazole rings is 1. The van der Waals surface area contributed by atoms with Gasteiger partial charge in [-0.15, -0.1) is 11.3 Å². The van der Waals surface area contributed by atoms with Gasteiger partial charge in [0.15, 0.2) is 0 Å². The molecule has 1 heterocycles. The lowest BCUT2D eigenvalue weighted by Crippen LogP contribution is -2.24. The molecule has 4 heteroatoms. The smallest absolute Gasteiger partial charge is 0.0950 e. The minimum atomic E-state index is 0.0480. The maximum Gasteiger partial charge on any atom is 0.0950 e. The van der Waals surface area contributed by atoms with Crippen molar-refractivity contribution in [1.82, 2.24) is 4.98 Å². The van der Waals surface area contributed by atoms with E-state index in [9.17, 15) is 0 Å². The summed E-state index contributed by atoms with van der Waals surface area (Å²) in [6.45, 7) is 0. The molecule has 3 rings (SSSR count). The van der Waals surface area contributed by atoms with Gasteiger partial charge in [0, 0.05) is 27.4 Å². The van der Waals surface area contributed by atoms with E-state index in [1.807, 2.05) is 12.1 Å². The summed E-state index contributed by atoms with van der Waals surface area (Å²) in [5, 5.41) is 3.27. The summed E-state index contributed by atoms with van der Waals surface area (Å²) >= 11 is 5.19. The molecule has 0 unspecified atom stereocenters. The number of rotatable bonds is 3. The van der Waals surface area contributed by atoms with Crippen molar-refractivity contribution in [2.45, 2.75) is 24.8 Å². The normalized spacial score (nSPS) is 17.1. The lowest BCUT2D eigenvalue weighted by atomic mass is 10.2. The molecule has 0 radical (unpaired) electrons. The largest absolute Gasteiger partial charge is 0.325 e. The van der Waals surface area contributed by atoms with Crippen LogP contribution in [0.5, 0.6) is 0 Å². The van der Waals surface area contributed by atoms with Crippen molar-refractivity contribution in [1.29, 1.82) is 0 Å². The highest BCUT2D eigenvalue weighted by atomic mass is 79.9. The van der Waals surface area contributed by atoms with Gasteiger partial charge >= 0.3 is 0 Å². The third kappa shape index (κ3) is 2.59. The van der Waals surface area contributed by atoms with Crippen LogP contribution in [-0.4, -0.2) is 10.5 Å². The van der Waals surface area contributed by atoms with Crippen LogP contribution in [0, 0.1) is 0 Å². The van der Waals surface area contributed by atoms with Crippen LogP contribution >= 0.6 is 27.3 Å². The highest BCUT2D eigenvalue weighted by Gasteiger charge is 2.38. The molecule has 1 aliphatic carbocycles. The maximum absolute atomic E-state index is 6.11. The second kappa shape index (κ2) is 4.19. The molecule has 1 aliphatic rings. The number of benzene rings is 1. The molecule has 0 spiro atoms. The second-order valence-electron chi connectivity index (χ2n) is 4.68. The first kappa shape index (κ1) is 11.4. The van der Waals surface area contributed by atoms with Crippen molar-refractivity contribution < 1.29 is 0 Å². The molecule has 0 atom stereocenters. The summed E-state index contributed by atoms with van der Waals surface area (Å²) in [7, 11) is 0. The summed E-state index contributed by atoms with van der Waals surface area (Å²) in [5.41, 5.74) is 8.37. The van der Waals surface area contributed by atoms with Gasteiger partial charge in [-0.1, -0.05) is 28.1 Å². The molecule has 0 saturated heterocycles. The molecule has 1 aromatic heterocycles. The summed E-state index contributed by atoms with van der Waals surface area (Å²) in [5.74, 6) is 0. The Bertz CT molecular complexity index is 546. The molecule has 2 aromatic rings. The van der Waals surface area contributed by atoms with Gasteiger partial charge in [-0.25, -0.2) is 4.98 Å². The number of hydrogen-bond acceptors (Lipinski definition) is 3. The van der Waals surface area contributed by atoms with Crippen molar-refractivity contribution in [3.8, 4) is 11.3 Å². The first-order valence-electron chi connectivity index (χ1n) is 5.64. The maximum atomic E-state index is 6.11. The number of nitrogens with zero attached hydrogens (tertiary/aromatic N) is 1. The lowest BCUT2D eigenvalue weighted by molar-refractivity contribution is 0.669. The molecule has 1 fully saturated rings. The topological polar surface area (TPSA) is 38.9 Å². The van der Waals surface area contributed by atoms with Crippen LogP contribution in [0.25, 0.3) is 11.3 Å². The van der Waals surface area contributed by atoms with Crippen molar-refractivity contribution in [3.63, 3.8) is 0 Å². The van der Waals surface area contributed by atoms with E-state index in [-0.39, 0.29) is 5.54 Å². The summed E-state index contributed by atoms with van der Waals surface area (Å²) < 4.78 is 1.09. The number of nitrogens with two attached hydrogens (primary N) is 1. The van der Waals surface area contributed by atoms with E-state index in [4.69, 9.17) is 5.73 Å². The average molecular weight is 309 g/mol. The molecule has 2 N–H and O–H groups in total. The molecule has 88 valence electrons. The predicted octanol–water partition coefficient (Wildman–Crippen LogP) is 3.61. The minimum absolute atomic E-state index is 0.0480. The Morgan fingerprint density at radius 1 is 1.41 bits per heavy atom. The second-order valence-corrected chi connectivity index (χ2v) is 6.53. The Balaban J connectivity index is 1.84. The van der Waals surface area contributed by atoms with Crippen LogP contribution < -0.4 is 5.73 Å². The van der Waals surface area contributed by atoms with Crippen LogP contribution in [-0.2, 0) is 6.42 Å². The highest BCUT2D eigenvalue weighted by molar-refractivity contribution is 9.10. The minimum Gasteiger partial charge on any atom is -0.325 e. The summed E-state index contributed by atoms with van der Waals surface area (Å²) in [4.78, 5) is 4.66. The van der Waals surface area contributed by atoms with E-state index in [0.717, 1.165) is 40.0 Å². The first-order chi connectivity index (χ1) is 8.15. The van der Waals surface area contributed by atoms with E-state index in [0.29, 0.717) is 0 Å². The van der Waals surface area contributed by atoms with E-state index >= 15 is 0 Å². The Labute approximate surface area is 113 Å². The van der Waals surface area contributed by atoms with Crippen molar-refractivity contribution in [3.05, 3.63) is 39.1 Å². The van der Waals surface area contributed by atoms with E-state index in [1.54, 1.807) is 11.3 Å². The molecule has 1 aromatic carbocycles. The van der Waals surface area contributed by atoms with Crippen LogP contribution in [0.4, 0.5) is 0 Å². The Kier molecular flexibility index (Phi) is 2.81. The van der Waals surface area contributed by atoms with Crippen LogP contribution in [0.3, 0.4) is 0 Å². The Morgan fingerprint density at radius 2 is 2.24 bits per heavy atom. The zero-order valence-corrected chi connectivity index (χ0v) is 11.7. The van der Waals surface area contributed by atoms with Gasteiger partial charge < -0.3 is 5.73 Å². The fourth-order valence-corrected chi connectivity index (χ4v) is 3.17. The molecule has 0 aliphatic heterocycles. The standard InChI is InChI=1S/C13H13BrN2S/c14-10-3-1-2-9(6-10)11-8-17-12(16-11)7-13(15)4-5-13/h1-3,6,8H,4-5,7,15H2. The molecular formula is C13H13BrN2S. The molecule has 17 heavy (non-hydrogen) atoms. The van der Waals surface area contributed by atoms with Crippen LogP contribution in [0.1, 0.15) is 17.8 Å². The quantitative estimate of drug-likeness (QED) is 0.941. The number of hydrogen-bond donors (Lipinski definition) is 1. The van der Waals surface area contributed by atoms with Crippen molar-refractivity contribution in [2.75, 3.05) is 0 Å². The van der Waals surface area contributed by atoms with E-state index < -0.39 is 0 Å². The van der Waals surface area contributed by atoms with Crippen LogP contribution in [0.2, 0.25) is 0 Å². The summed E-state index contributed by atoms with van der Waals surface area (Å²) in [6.07, 6.45) is 3.20. The lowest BCUT2D eigenvalue weighted by Gasteiger charge is -2.03. The first-order valence-corrected chi connectivity index (χ1v) is 7.31. The Hall–Kier alpha value is -0.710. The molecule has 2 nitrogen and oxygen atoms in total. The van der Waals surface area contributed by atoms with Crippen molar-refractivity contribution in [2.24, 2.45) is 5.73 Å². The number of halogens is 1. The van der Waals surface area contributed by atoms with Gasteiger partial charge in [-0.05, 0) is 25.0 Å². The third-order valence-electron chi connectivity index (χ3n) is 3.07. The zero-order valence-electron chi connectivity index (χ0n) is 9.32. The van der Waals surface area contributed by atoms with Gasteiger partial charge in [0.05, 0.1) is 10.7 Å². The summed E-state index contributed by atoms with van der Waals surface area (Å²) in [6, 6.07) is 8.23. The van der Waals surface area contributed by atoms with Gasteiger partial charge in [0.2, 0.25) is 0 Å². The Morgan fingerprint density at radius 3 is 2.94 bits per heavy atom.